The second kappa shape index (κ2) is 22.9. The van der Waals surface area contributed by atoms with Crippen LogP contribution < -0.4 is 5.32 Å². The van der Waals surface area contributed by atoms with Crippen molar-refractivity contribution in [3.05, 3.63) is 0 Å². The second-order valence-electron chi connectivity index (χ2n) is 13.7. The molecule has 2 saturated heterocycles. The Kier molecular flexibility index (Phi) is 19.8. The van der Waals surface area contributed by atoms with Crippen LogP contribution in [0.5, 0.6) is 0 Å². The van der Waals surface area contributed by atoms with Crippen LogP contribution in [0.15, 0.2) is 0 Å². The molecule has 4 saturated carbocycles. The molecule has 6 fully saturated rings. The lowest BCUT2D eigenvalue weighted by Gasteiger charge is -2.47. The van der Waals surface area contributed by atoms with Crippen LogP contribution >= 0.6 is 11.8 Å². The average Bonchev–Trinajstić information content (AvgIpc) is 2.89. The summed E-state index contributed by atoms with van der Waals surface area (Å²) in [6, 6.07) is 0.882. The van der Waals surface area contributed by atoms with Gasteiger partial charge in [0.25, 0.3) is 0 Å². The molecule has 2 heterocycles. The van der Waals surface area contributed by atoms with E-state index in [9.17, 15) is 0 Å². The molecule has 2 aliphatic heterocycles. The summed E-state index contributed by atoms with van der Waals surface area (Å²) < 4.78 is 0. The summed E-state index contributed by atoms with van der Waals surface area (Å²) in [7, 11) is 0. The molecule has 1 N–H and O–H groups in total. The van der Waals surface area contributed by atoms with Crippen molar-refractivity contribution in [1.82, 2.24) is 5.32 Å². The molecule has 0 radical (unpaired) electrons. The molecule has 0 aromatic rings. The molecule has 4 atom stereocenters. The molecule has 0 amide bonds. The van der Waals surface area contributed by atoms with Crippen LogP contribution in [-0.2, 0) is 0 Å². The van der Waals surface area contributed by atoms with E-state index in [1.807, 2.05) is 0 Å². The van der Waals surface area contributed by atoms with E-state index in [-0.39, 0.29) is 0 Å². The summed E-state index contributed by atoms with van der Waals surface area (Å²) in [4.78, 5) is 0. The Hall–Kier alpha value is 0.310. The van der Waals surface area contributed by atoms with Crippen molar-refractivity contribution in [2.24, 2.45) is 11.8 Å². The zero-order valence-electron chi connectivity index (χ0n) is 25.8. The molecule has 4 unspecified atom stereocenters. The maximum absolute atomic E-state index is 3.80. The number of piperidine rings is 1. The molecule has 0 aromatic heterocycles. The first-order valence-corrected chi connectivity index (χ1v) is 19.3. The van der Waals surface area contributed by atoms with E-state index < -0.39 is 0 Å². The SMILES string of the molecule is C1CCCCCCC1.C1CCCCCCC1.C1CCCCCCC1.C1CNC2C(C1)CCC1CCCSC12. The van der Waals surface area contributed by atoms with E-state index in [1.54, 1.807) is 0 Å². The molecule has 1 nitrogen and oxygen atoms in total. The smallest absolute Gasteiger partial charge is 0.0232 e. The Bertz CT molecular complexity index is 389. The molecule has 6 aliphatic rings. The average molecular weight is 548 g/mol. The zero-order chi connectivity index (χ0) is 26.4. The summed E-state index contributed by atoms with van der Waals surface area (Å²) in [5, 5.41) is 4.77. The molecule has 0 spiro atoms. The number of hydrogen-bond donors (Lipinski definition) is 1. The second-order valence-corrected chi connectivity index (χ2v) is 15.0. The highest BCUT2D eigenvalue weighted by Gasteiger charge is 2.41. The highest BCUT2D eigenvalue weighted by Crippen LogP contribution is 2.44. The largest absolute Gasteiger partial charge is 0.313 e. The summed E-state index contributed by atoms with van der Waals surface area (Å²) in [5.41, 5.74) is 0. The first kappa shape index (κ1) is 32.8. The van der Waals surface area contributed by atoms with E-state index in [2.05, 4.69) is 17.1 Å². The van der Waals surface area contributed by atoms with Crippen molar-refractivity contribution < 1.29 is 0 Å². The summed E-state index contributed by atoms with van der Waals surface area (Å²) in [6.45, 7) is 1.28. The maximum atomic E-state index is 3.80. The lowest BCUT2D eigenvalue weighted by Crippen LogP contribution is -2.54. The summed E-state index contributed by atoms with van der Waals surface area (Å²) in [6.07, 6.45) is 45.0. The van der Waals surface area contributed by atoms with Crippen LogP contribution in [0.25, 0.3) is 0 Å². The van der Waals surface area contributed by atoms with Gasteiger partial charge in [-0.1, -0.05) is 154 Å². The highest BCUT2D eigenvalue weighted by molar-refractivity contribution is 8.00. The van der Waals surface area contributed by atoms with Gasteiger partial charge >= 0.3 is 0 Å². The van der Waals surface area contributed by atoms with Crippen molar-refractivity contribution in [2.75, 3.05) is 12.3 Å². The van der Waals surface area contributed by atoms with Crippen LogP contribution in [0, 0.1) is 11.8 Å². The maximum Gasteiger partial charge on any atom is 0.0232 e. The molecule has 0 bridgehead atoms. The molecule has 224 valence electrons. The zero-order valence-corrected chi connectivity index (χ0v) is 26.7. The third-order valence-corrected chi connectivity index (χ3v) is 12.0. The number of hydrogen-bond acceptors (Lipinski definition) is 2. The predicted octanol–water partition coefficient (Wildman–Crippen LogP) is 12.0. The number of rotatable bonds is 0. The predicted molar refractivity (Wildman–Crippen MR) is 174 cm³/mol. The Balaban J connectivity index is 0.000000147. The van der Waals surface area contributed by atoms with E-state index in [4.69, 9.17) is 0 Å². The van der Waals surface area contributed by atoms with Gasteiger partial charge in [-0.25, -0.2) is 0 Å². The third kappa shape index (κ3) is 14.8. The minimum Gasteiger partial charge on any atom is -0.313 e. The van der Waals surface area contributed by atoms with Gasteiger partial charge in [0.1, 0.15) is 0 Å². The normalized spacial score (nSPS) is 32.8. The van der Waals surface area contributed by atoms with E-state index in [0.29, 0.717) is 0 Å². The third-order valence-electron chi connectivity index (χ3n) is 10.4. The summed E-state index contributed by atoms with van der Waals surface area (Å²) in [5.74, 6) is 3.50. The Morgan fingerprint density at radius 2 is 0.684 bits per heavy atom. The van der Waals surface area contributed by atoms with Crippen LogP contribution in [0.1, 0.15) is 193 Å². The van der Waals surface area contributed by atoms with Crippen molar-refractivity contribution in [3.8, 4) is 0 Å². The topological polar surface area (TPSA) is 12.0 Å². The number of thioether (sulfide) groups is 1. The van der Waals surface area contributed by atoms with Crippen molar-refractivity contribution in [1.29, 1.82) is 0 Å². The van der Waals surface area contributed by atoms with E-state index in [1.165, 1.54) is 205 Å². The van der Waals surface area contributed by atoms with Crippen LogP contribution in [0.4, 0.5) is 0 Å². The monoisotopic (exact) mass is 548 g/mol. The first-order chi connectivity index (χ1) is 18.9. The standard InChI is InChI=1S/C12H21NS.3C8H16/c1-3-9-5-6-10-4-2-8-14-12(10)11(9)13-7-1;3*1-2-4-6-8-7-5-3-1/h9-13H,1-8H2;3*1-8H2. The number of fused-ring (bicyclic) bond motifs is 3. The Morgan fingerprint density at radius 3 is 1.08 bits per heavy atom. The van der Waals surface area contributed by atoms with Crippen molar-refractivity contribution in [2.45, 2.75) is 204 Å². The van der Waals surface area contributed by atoms with Gasteiger partial charge < -0.3 is 5.32 Å². The van der Waals surface area contributed by atoms with Crippen LogP contribution in [-0.4, -0.2) is 23.6 Å². The van der Waals surface area contributed by atoms with E-state index >= 15 is 0 Å². The molecule has 4 aliphatic carbocycles. The molecule has 6 rings (SSSR count). The van der Waals surface area contributed by atoms with Crippen LogP contribution in [0.2, 0.25) is 0 Å². The minimum atomic E-state index is 0.882. The van der Waals surface area contributed by atoms with Crippen LogP contribution in [0.3, 0.4) is 0 Å². The van der Waals surface area contributed by atoms with Crippen molar-refractivity contribution in [3.63, 3.8) is 0 Å². The van der Waals surface area contributed by atoms with E-state index in [0.717, 1.165) is 23.1 Å². The fraction of sp³-hybridized carbons (Fsp3) is 1.00. The Labute approximate surface area is 244 Å². The number of nitrogens with one attached hydrogen (secondary N) is 1. The van der Waals surface area contributed by atoms with Gasteiger partial charge in [-0.05, 0) is 62.7 Å². The first-order valence-electron chi connectivity index (χ1n) is 18.3. The van der Waals surface area contributed by atoms with Gasteiger partial charge in [-0.3, -0.25) is 0 Å². The molecular weight excluding hydrogens is 478 g/mol. The Morgan fingerprint density at radius 1 is 0.342 bits per heavy atom. The van der Waals surface area contributed by atoms with Crippen molar-refractivity contribution >= 4 is 11.8 Å². The van der Waals surface area contributed by atoms with Gasteiger partial charge in [0, 0.05) is 11.3 Å². The lowest BCUT2D eigenvalue weighted by atomic mass is 9.73. The molecule has 0 aromatic carbocycles. The molecule has 2 heteroatoms. The fourth-order valence-corrected chi connectivity index (χ4v) is 9.60. The summed E-state index contributed by atoms with van der Waals surface area (Å²) >= 11 is 2.27. The van der Waals surface area contributed by atoms with Gasteiger partial charge in [-0.2, -0.15) is 11.8 Å². The van der Waals surface area contributed by atoms with Gasteiger partial charge in [-0.15, -0.1) is 0 Å². The van der Waals surface area contributed by atoms with Gasteiger partial charge in [0.2, 0.25) is 0 Å². The molecule has 38 heavy (non-hydrogen) atoms. The highest BCUT2D eigenvalue weighted by atomic mass is 32.2. The fourth-order valence-electron chi connectivity index (χ4n) is 7.93. The lowest BCUT2D eigenvalue weighted by molar-refractivity contribution is 0.167. The quantitative estimate of drug-likeness (QED) is 0.323. The van der Waals surface area contributed by atoms with Gasteiger partial charge in [0.15, 0.2) is 0 Å². The van der Waals surface area contributed by atoms with Gasteiger partial charge in [0.05, 0.1) is 0 Å². The molecular formula is C36H69NS. The minimum absolute atomic E-state index is 0.882.